The number of carbonyl (C=O) groups is 1. The van der Waals surface area contributed by atoms with Gasteiger partial charge < -0.3 is 11.1 Å². The van der Waals surface area contributed by atoms with Crippen LogP contribution < -0.4 is 11.1 Å². The molecular weight excluding hydrogens is 270 g/mol. The molecule has 0 aliphatic carbocycles. The fraction of sp³-hybridized carbons (Fsp3) is 0.333. The maximum atomic E-state index is 12.2. The molecule has 2 aromatic rings. The van der Waals surface area contributed by atoms with Crippen LogP contribution in [0.2, 0.25) is 0 Å². The molecule has 4 nitrogen and oxygen atoms in total. The van der Waals surface area contributed by atoms with Gasteiger partial charge in [0, 0.05) is 17.1 Å². The largest absolute Gasteiger partial charge is 0.343 e. The molecule has 2 rings (SSSR count). The lowest BCUT2D eigenvalue weighted by molar-refractivity contribution is 0.0935. The number of nitrogens with one attached hydrogen (secondary N) is 1. The maximum absolute atomic E-state index is 12.2. The van der Waals surface area contributed by atoms with Crippen molar-refractivity contribution in [3.05, 3.63) is 52.0 Å². The molecule has 1 unspecified atom stereocenters. The first-order valence-electron chi connectivity index (χ1n) is 6.73. The Balaban J connectivity index is 2.03. The molecule has 0 saturated carbocycles. The summed E-state index contributed by atoms with van der Waals surface area (Å²) in [5.41, 5.74) is 7.33. The molecule has 3 N–H and O–H groups in total. The number of rotatable bonds is 6. The van der Waals surface area contributed by atoms with Crippen molar-refractivity contribution in [3.8, 4) is 0 Å². The van der Waals surface area contributed by atoms with Crippen LogP contribution in [0.4, 0.5) is 0 Å². The molecule has 106 valence electrons. The molecule has 1 aromatic heterocycles. The Labute approximate surface area is 123 Å². The maximum Gasteiger partial charge on any atom is 0.251 e. The molecule has 1 atom stereocenters. The predicted octanol–water partition coefficient (Wildman–Crippen LogP) is 2.53. The average molecular weight is 289 g/mol. The van der Waals surface area contributed by atoms with E-state index < -0.39 is 0 Å². The van der Waals surface area contributed by atoms with Crippen LogP contribution in [0, 0.1) is 0 Å². The van der Waals surface area contributed by atoms with Crippen LogP contribution in [-0.4, -0.2) is 17.4 Å². The van der Waals surface area contributed by atoms with Crippen LogP contribution >= 0.6 is 11.3 Å². The number of aromatic nitrogens is 1. The van der Waals surface area contributed by atoms with Gasteiger partial charge >= 0.3 is 0 Å². The summed E-state index contributed by atoms with van der Waals surface area (Å²) in [5, 5.41) is 5.89. The minimum atomic E-state index is -0.0636. The fourth-order valence-corrected chi connectivity index (χ4v) is 2.75. The summed E-state index contributed by atoms with van der Waals surface area (Å²) in [6.45, 7) is 2.66. The Morgan fingerprint density at radius 1 is 1.40 bits per heavy atom. The highest BCUT2D eigenvalue weighted by Gasteiger charge is 2.15. The van der Waals surface area contributed by atoms with Crippen LogP contribution in [0.3, 0.4) is 0 Å². The molecule has 1 aromatic carbocycles. The number of hydrogen-bond acceptors (Lipinski definition) is 4. The topological polar surface area (TPSA) is 68.0 Å². The zero-order chi connectivity index (χ0) is 14.4. The Hall–Kier alpha value is -1.72. The average Bonchev–Trinajstić information content (AvgIpc) is 2.99. The Kier molecular flexibility index (Phi) is 5.26. The van der Waals surface area contributed by atoms with E-state index in [1.54, 1.807) is 17.5 Å². The Morgan fingerprint density at radius 3 is 2.70 bits per heavy atom. The fourth-order valence-electron chi connectivity index (χ4n) is 1.98. The minimum Gasteiger partial charge on any atom is -0.343 e. The van der Waals surface area contributed by atoms with Crippen molar-refractivity contribution < 1.29 is 4.79 Å². The van der Waals surface area contributed by atoms with E-state index in [0.717, 1.165) is 23.4 Å². The summed E-state index contributed by atoms with van der Waals surface area (Å²) in [6, 6.07) is 7.56. The van der Waals surface area contributed by atoms with Gasteiger partial charge in [-0.3, -0.25) is 4.79 Å². The van der Waals surface area contributed by atoms with E-state index in [1.807, 2.05) is 36.6 Å². The second-order valence-electron chi connectivity index (χ2n) is 4.54. The van der Waals surface area contributed by atoms with Gasteiger partial charge in [0.05, 0.1) is 6.04 Å². The smallest absolute Gasteiger partial charge is 0.251 e. The van der Waals surface area contributed by atoms with E-state index in [1.165, 1.54) is 0 Å². The summed E-state index contributed by atoms with van der Waals surface area (Å²) < 4.78 is 0. The van der Waals surface area contributed by atoms with Crippen LogP contribution in [0.1, 0.15) is 40.3 Å². The van der Waals surface area contributed by atoms with E-state index >= 15 is 0 Å². The van der Waals surface area contributed by atoms with Gasteiger partial charge in [-0.25, -0.2) is 4.98 Å². The monoisotopic (exact) mass is 289 g/mol. The second kappa shape index (κ2) is 7.17. The Bertz CT molecular complexity index is 537. The molecular formula is C15H19N3OS. The molecule has 0 aliphatic heterocycles. The summed E-state index contributed by atoms with van der Waals surface area (Å²) >= 11 is 1.56. The summed E-state index contributed by atoms with van der Waals surface area (Å²) in [6.07, 6.45) is 3.42. The predicted molar refractivity (Wildman–Crippen MR) is 81.8 cm³/mol. The number of carbonyl (C=O) groups excluding carboxylic acids is 1. The molecule has 0 radical (unpaired) electrons. The standard InChI is InChI=1S/C15H19N3OS/c1-2-13(15-17-9-10-20-15)18-14(19)12-5-3-11(4-6-12)7-8-16/h3-6,9-10,13H,2,7-8,16H2,1H3,(H,18,19). The highest BCUT2D eigenvalue weighted by atomic mass is 32.1. The lowest BCUT2D eigenvalue weighted by atomic mass is 10.1. The molecule has 0 saturated heterocycles. The van der Waals surface area contributed by atoms with Crippen molar-refractivity contribution in [2.75, 3.05) is 6.54 Å². The molecule has 0 spiro atoms. The zero-order valence-electron chi connectivity index (χ0n) is 11.5. The third-order valence-corrected chi connectivity index (χ3v) is 4.00. The van der Waals surface area contributed by atoms with E-state index in [0.29, 0.717) is 12.1 Å². The molecule has 5 heteroatoms. The van der Waals surface area contributed by atoms with Gasteiger partial charge in [-0.05, 0) is 37.1 Å². The first kappa shape index (κ1) is 14.7. The number of thiazole rings is 1. The van der Waals surface area contributed by atoms with Crippen LogP contribution in [0.5, 0.6) is 0 Å². The van der Waals surface area contributed by atoms with Crippen LogP contribution in [-0.2, 0) is 6.42 Å². The molecule has 1 amide bonds. The van der Waals surface area contributed by atoms with Gasteiger partial charge in [-0.2, -0.15) is 0 Å². The first-order chi connectivity index (χ1) is 9.74. The van der Waals surface area contributed by atoms with Gasteiger partial charge in [0.1, 0.15) is 5.01 Å². The summed E-state index contributed by atoms with van der Waals surface area (Å²) in [5.74, 6) is -0.0636. The van der Waals surface area contributed by atoms with E-state index in [-0.39, 0.29) is 11.9 Å². The van der Waals surface area contributed by atoms with Crippen LogP contribution in [0.25, 0.3) is 0 Å². The normalized spacial score (nSPS) is 12.1. The molecule has 0 fully saturated rings. The number of benzene rings is 1. The highest BCUT2D eigenvalue weighted by molar-refractivity contribution is 7.09. The van der Waals surface area contributed by atoms with Crippen molar-refractivity contribution >= 4 is 17.2 Å². The molecule has 20 heavy (non-hydrogen) atoms. The van der Waals surface area contributed by atoms with E-state index in [4.69, 9.17) is 5.73 Å². The summed E-state index contributed by atoms with van der Waals surface area (Å²) in [7, 11) is 0. The van der Waals surface area contributed by atoms with E-state index in [9.17, 15) is 4.79 Å². The zero-order valence-corrected chi connectivity index (χ0v) is 12.3. The summed E-state index contributed by atoms with van der Waals surface area (Å²) in [4.78, 5) is 16.5. The van der Waals surface area contributed by atoms with Crippen molar-refractivity contribution in [2.45, 2.75) is 25.8 Å². The van der Waals surface area contributed by atoms with Gasteiger partial charge in [0.15, 0.2) is 0 Å². The second-order valence-corrected chi connectivity index (χ2v) is 5.47. The third-order valence-electron chi connectivity index (χ3n) is 3.11. The van der Waals surface area contributed by atoms with Gasteiger partial charge in [0.25, 0.3) is 5.91 Å². The SMILES string of the molecule is CCC(NC(=O)c1ccc(CCN)cc1)c1nccs1. The number of hydrogen-bond donors (Lipinski definition) is 2. The molecule has 1 heterocycles. The first-order valence-corrected chi connectivity index (χ1v) is 7.61. The minimum absolute atomic E-state index is 0.0220. The quantitative estimate of drug-likeness (QED) is 0.858. The van der Waals surface area contributed by atoms with Crippen molar-refractivity contribution in [2.24, 2.45) is 5.73 Å². The van der Waals surface area contributed by atoms with Gasteiger partial charge in [-0.15, -0.1) is 11.3 Å². The van der Waals surface area contributed by atoms with Crippen molar-refractivity contribution in [3.63, 3.8) is 0 Å². The number of nitrogens with zero attached hydrogens (tertiary/aromatic N) is 1. The number of amides is 1. The van der Waals surface area contributed by atoms with Crippen molar-refractivity contribution in [1.29, 1.82) is 0 Å². The van der Waals surface area contributed by atoms with Crippen LogP contribution in [0.15, 0.2) is 35.8 Å². The molecule has 0 aliphatic rings. The van der Waals surface area contributed by atoms with Crippen molar-refractivity contribution in [1.82, 2.24) is 10.3 Å². The Morgan fingerprint density at radius 2 is 2.15 bits per heavy atom. The lowest BCUT2D eigenvalue weighted by Crippen LogP contribution is -2.28. The number of nitrogens with two attached hydrogens (primary N) is 1. The lowest BCUT2D eigenvalue weighted by Gasteiger charge is -2.14. The highest BCUT2D eigenvalue weighted by Crippen LogP contribution is 2.19. The van der Waals surface area contributed by atoms with Gasteiger partial charge in [0.2, 0.25) is 0 Å². The van der Waals surface area contributed by atoms with Gasteiger partial charge in [-0.1, -0.05) is 19.1 Å². The third kappa shape index (κ3) is 3.65. The van der Waals surface area contributed by atoms with E-state index in [2.05, 4.69) is 10.3 Å². The molecule has 0 bridgehead atoms.